The van der Waals surface area contributed by atoms with E-state index in [-0.39, 0.29) is 36.6 Å². The number of nitrogens with zero attached hydrogens (tertiary/aromatic N) is 2. The lowest BCUT2D eigenvalue weighted by atomic mass is 10.1. The maximum Gasteiger partial charge on any atom is 0.325 e. The van der Waals surface area contributed by atoms with Crippen LogP contribution >= 0.6 is 0 Å². The molecule has 1 aromatic carbocycles. The fourth-order valence-corrected chi connectivity index (χ4v) is 2.69. The fraction of sp³-hybridized carbons (Fsp3) is 0.333. The number of benzene rings is 1. The Morgan fingerprint density at radius 2 is 2.07 bits per heavy atom. The summed E-state index contributed by atoms with van der Waals surface area (Å²) in [4.78, 5) is 50.2. The first kappa shape index (κ1) is 22.3. The van der Waals surface area contributed by atoms with Crippen LogP contribution in [0.1, 0.15) is 30.2 Å². The number of hydrogen-bond donors (Lipinski definition) is 3. The Morgan fingerprint density at radius 3 is 2.67 bits per heavy atom. The van der Waals surface area contributed by atoms with Crippen molar-refractivity contribution in [2.45, 2.75) is 26.7 Å². The molecule has 12 nitrogen and oxygen atoms in total. The van der Waals surface area contributed by atoms with Gasteiger partial charge in [0, 0.05) is 29.3 Å². The maximum atomic E-state index is 12.0. The third-order valence-electron chi connectivity index (χ3n) is 4.02. The van der Waals surface area contributed by atoms with Gasteiger partial charge in [0.2, 0.25) is 11.7 Å². The van der Waals surface area contributed by atoms with Crippen LogP contribution in [0.15, 0.2) is 26.8 Å². The third-order valence-corrected chi connectivity index (χ3v) is 4.02. The standard InChI is InChI=1S/C18H21N5O7/c1-4-30-14-8-11(7-13(23(27)28)16(14)29-3)9-19-22-15(24)6-5-12-10(2)20-18(26)21-17(12)25/h7-9H,4-6H2,1-3H3,(H,22,24)(H2,20,21,25,26)/b19-9+. The van der Waals surface area contributed by atoms with E-state index in [1.54, 1.807) is 13.8 Å². The SMILES string of the molecule is CCOc1cc(/C=N/NC(=O)CCc2c(C)[nH]c(=O)[nH]c2=O)cc([N+](=O)[O-])c1OC. The highest BCUT2D eigenvalue weighted by Gasteiger charge is 2.21. The van der Waals surface area contributed by atoms with Gasteiger partial charge in [-0.1, -0.05) is 0 Å². The van der Waals surface area contributed by atoms with Crippen LogP contribution in [-0.2, 0) is 11.2 Å². The van der Waals surface area contributed by atoms with E-state index in [1.165, 1.54) is 25.5 Å². The van der Waals surface area contributed by atoms with Crippen LogP contribution in [0.25, 0.3) is 0 Å². The molecule has 1 amide bonds. The van der Waals surface area contributed by atoms with Gasteiger partial charge >= 0.3 is 11.4 Å². The van der Waals surface area contributed by atoms with E-state index in [0.717, 1.165) is 0 Å². The number of nitro benzene ring substituents is 1. The molecule has 0 radical (unpaired) electrons. The van der Waals surface area contributed by atoms with Crippen LogP contribution < -0.4 is 26.1 Å². The van der Waals surface area contributed by atoms with Gasteiger partial charge in [-0.05, 0) is 26.3 Å². The van der Waals surface area contributed by atoms with E-state index in [1.807, 2.05) is 0 Å². The highest BCUT2D eigenvalue weighted by atomic mass is 16.6. The lowest BCUT2D eigenvalue weighted by Crippen LogP contribution is -2.28. The minimum atomic E-state index is -0.615. The predicted octanol–water partition coefficient (Wildman–Crippen LogP) is 0.770. The minimum absolute atomic E-state index is 0.00969. The van der Waals surface area contributed by atoms with E-state index in [2.05, 4.69) is 20.5 Å². The Bertz CT molecular complexity index is 1090. The molecule has 0 aliphatic carbocycles. The monoisotopic (exact) mass is 419 g/mol. The van der Waals surface area contributed by atoms with Crippen molar-refractivity contribution in [3.8, 4) is 11.5 Å². The van der Waals surface area contributed by atoms with Gasteiger partial charge in [0.1, 0.15) is 0 Å². The molecule has 0 saturated carbocycles. The molecule has 0 aliphatic heterocycles. The Kier molecular flexibility index (Phi) is 7.44. The highest BCUT2D eigenvalue weighted by Crippen LogP contribution is 2.37. The molecule has 2 rings (SSSR count). The molecule has 0 fully saturated rings. The topological polar surface area (TPSA) is 169 Å². The van der Waals surface area contributed by atoms with E-state index in [9.17, 15) is 24.5 Å². The normalized spacial score (nSPS) is 10.8. The number of amides is 1. The van der Waals surface area contributed by atoms with Crippen molar-refractivity contribution in [2.75, 3.05) is 13.7 Å². The lowest BCUT2D eigenvalue weighted by molar-refractivity contribution is -0.385. The first-order valence-corrected chi connectivity index (χ1v) is 8.90. The fourth-order valence-electron chi connectivity index (χ4n) is 2.69. The van der Waals surface area contributed by atoms with Gasteiger partial charge in [-0.15, -0.1) is 0 Å². The molecule has 1 aromatic heterocycles. The van der Waals surface area contributed by atoms with Crippen molar-refractivity contribution < 1.29 is 19.2 Å². The number of hydrazone groups is 1. The van der Waals surface area contributed by atoms with Crippen molar-refractivity contribution in [1.29, 1.82) is 0 Å². The van der Waals surface area contributed by atoms with Crippen LogP contribution in [0, 0.1) is 17.0 Å². The number of ether oxygens (including phenoxy) is 2. The average Bonchev–Trinajstić information content (AvgIpc) is 2.67. The Morgan fingerprint density at radius 1 is 1.33 bits per heavy atom. The molecule has 0 unspecified atom stereocenters. The number of aryl methyl sites for hydroxylation is 1. The van der Waals surface area contributed by atoms with Crippen LogP contribution in [0.5, 0.6) is 11.5 Å². The van der Waals surface area contributed by atoms with Crippen molar-refractivity contribution in [2.24, 2.45) is 5.10 Å². The molecular weight excluding hydrogens is 398 g/mol. The number of aromatic amines is 2. The van der Waals surface area contributed by atoms with E-state index in [0.29, 0.717) is 16.8 Å². The molecule has 0 atom stereocenters. The largest absolute Gasteiger partial charge is 0.490 e. The quantitative estimate of drug-likeness (QED) is 0.306. The minimum Gasteiger partial charge on any atom is -0.490 e. The first-order chi connectivity index (χ1) is 14.3. The zero-order valence-electron chi connectivity index (χ0n) is 16.6. The van der Waals surface area contributed by atoms with Gasteiger partial charge < -0.3 is 14.5 Å². The number of H-pyrrole nitrogens is 2. The van der Waals surface area contributed by atoms with E-state index in [4.69, 9.17) is 9.47 Å². The van der Waals surface area contributed by atoms with Crippen LogP contribution in [-0.4, -0.2) is 40.7 Å². The van der Waals surface area contributed by atoms with Crippen molar-refractivity contribution >= 4 is 17.8 Å². The van der Waals surface area contributed by atoms with Crippen molar-refractivity contribution in [3.63, 3.8) is 0 Å². The zero-order valence-corrected chi connectivity index (χ0v) is 16.6. The second-order valence-corrected chi connectivity index (χ2v) is 6.07. The molecule has 1 heterocycles. The molecule has 0 saturated heterocycles. The summed E-state index contributed by atoms with van der Waals surface area (Å²) in [5.74, 6) is -0.316. The number of nitrogens with one attached hydrogen (secondary N) is 3. The summed E-state index contributed by atoms with van der Waals surface area (Å²) in [5.41, 5.74) is 1.81. The van der Waals surface area contributed by atoms with E-state index >= 15 is 0 Å². The summed E-state index contributed by atoms with van der Waals surface area (Å²) in [5, 5.41) is 15.1. The van der Waals surface area contributed by atoms with Crippen LogP contribution in [0.2, 0.25) is 0 Å². The Hall–Kier alpha value is -3.96. The summed E-state index contributed by atoms with van der Waals surface area (Å²) >= 11 is 0. The maximum absolute atomic E-state index is 12.0. The highest BCUT2D eigenvalue weighted by molar-refractivity contribution is 5.85. The first-order valence-electron chi connectivity index (χ1n) is 8.90. The van der Waals surface area contributed by atoms with Gasteiger partial charge in [0.05, 0.1) is 24.9 Å². The number of hydrogen-bond acceptors (Lipinski definition) is 8. The molecule has 30 heavy (non-hydrogen) atoms. The molecular formula is C18H21N5O7. The van der Waals surface area contributed by atoms with Gasteiger partial charge in [-0.3, -0.25) is 24.7 Å². The number of aromatic nitrogens is 2. The van der Waals surface area contributed by atoms with Crippen LogP contribution in [0.3, 0.4) is 0 Å². The van der Waals surface area contributed by atoms with Crippen molar-refractivity contribution in [3.05, 3.63) is 59.9 Å². The van der Waals surface area contributed by atoms with Crippen molar-refractivity contribution in [1.82, 2.24) is 15.4 Å². The second kappa shape index (κ2) is 10.0. The summed E-state index contributed by atoms with van der Waals surface area (Å²) in [7, 11) is 1.30. The second-order valence-electron chi connectivity index (χ2n) is 6.07. The smallest absolute Gasteiger partial charge is 0.325 e. The number of nitro groups is 1. The zero-order chi connectivity index (χ0) is 22.3. The Balaban J connectivity index is 2.09. The number of methoxy groups -OCH3 is 1. The molecule has 0 bridgehead atoms. The van der Waals surface area contributed by atoms with Gasteiger partial charge in [0.15, 0.2) is 5.75 Å². The molecule has 12 heteroatoms. The number of carbonyl (C=O) groups excluding carboxylic acids is 1. The predicted molar refractivity (Wildman–Crippen MR) is 107 cm³/mol. The lowest BCUT2D eigenvalue weighted by Gasteiger charge is -2.10. The summed E-state index contributed by atoms with van der Waals surface area (Å²) < 4.78 is 10.4. The summed E-state index contributed by atoms with van der Waals surface area (Å²) in [6, 6.07) is 2.73. The van der Waals surface area contributed by atoms with Gasteiger partial charge in [-0.25, -0.2) is 10.2 Å². The molecule has 2 aromatic rings. The molecule has 0 aliphatic rings. The number of rotatable bonds is 9. The average molecular weight is 419 g/mol. The van der Waals surface area contributed by atoms with Gasteiger partial charge in [0.25, 0.3) is 5.56 Å². The van der Waals surface area contributed by atoms with Gasteiger partial charge in [-0.2, -0.15) is 5.10 Å². The molecule has 160 valence electrons. The third kappa shape index (κ3) is 5.53. The Labute approximate surface area is 170 Å². The summed E-state index contributed by atoms with van der Waals surface area (Å²) in [6.07, 6.45) is 1.27. The number of carbonyl (C=O) groups is 1. The summed E-state index contributed by atoms with van der Waals surface area (Å²) in [6.45, 7) is 3.56. The molecule has 3 N–H and O–H groups in total. The van der Waals surface area contributed by atoms with Crippen LogP contribution in [0.4, 0.5) is 5.69 Å². The molecule has 0 spiro atoms. The van der Waals surface area contributed by atoms with E-state index < -0.39 is 22.1 Å².